The van der Waals surface area contributed by atoms with E-state index in [9.17, 15) is 10.1 Å². The van der Waals surface area contributed by atoms with Gasteiger partial charge in [0.1, 0.15) is 17.4 Å². The van der Waals surface area contributed by atoms with E-state index >= 15 is 0 Å². The normalized spacial score (nSPS) is 11.0. The van der Waals surface area contributed by atoms with E-state index in [0.29, 0.717) is 25.4 Å². The summed E-state index contributed by atoms with van der Waals surface area (Å²) >= 11 is 6.88. The number of likely N-dealkylation sites (N-methyl/N-ethyl adjacent to an activating group) is 1. The third kappa shape index (κ3) is 4.59. The number of nitriles is 1. The number of halogens is 2. The highest BCUT2D eigenvalue weighted by Crippen LogP contribution is 2.35. The highest BCUT2D eigenvalue weighted by molar-refractivity contribution is 9.11. The molecule has 0 saturated heterocycles. The van der Waals surface area contributed by atoms with Crippen LogP contribution in [0.3, 0.4) is 0 Å². The summed E-state index contributed by atoms with van der Waals surface area (Å²) in [6.45, 7) is 7.39. The molecule has 22 heavy (non-hydrogen) atoms. The molecule has 0 heterocycles. The smallest absolute Gasteiger partial charge is 0.264 e. The van der Waals surface area contributed by atoms with Crippen molar-refractivity contribution >= 4 is 43.8 Å². The zero-order chi connectivity index (χ0) is 16.7. The quantitative estimate of drug-likeness (QED) is 0.497. The van der Waals surface area contributed by atoms with Crippen molar-refractivity contribution in [2.45, 2.75) is 20.8 Å². The van der Waals surface area contributed by atoms with Crippen molar-refractivity contribution in [2.24, 2.45) is 0 Å². The maximum absolute atomic E-state index is 12.3. The van der Waals surface area contributed by atoms with Crippen LogP contribution in [0.5, 0.6) is 5.75 Å². The van der Waals surface area contributed by atoms with E-state index in [2.05, 4.69) is 31.9 Å². The molecule has 4 nitrogen and oxygen atoms in total. The number of hydrogen-bond acceptors (Lipinski definition) is 3. The van der Waals surface area contributed by atoms with Crippen molar-refractivity contribution in [2.75, 3.05) is 19.7 Å². The van der Waals surface area contributed by atoms with Gasteiger partial charge in [-0.2, -0.15) is 5.26 Å². The van der Waals surface area contributed by atoms with Gasteiger partial charge in [0.25, 0.3) is 5.91 Å². The van der Waals surface area contributed by atoms with E-state index in [1.165, 1.54) is 0 Å². The van der Waals surface area contributed by atoms with Crippen LogP contribution in [0.1, 0.15) is 26.3 Å². The molecular weight excluding hydrogens is 412 g/mol. The molecule has 118 valence electrons. The van der Waals surface area contributed by atoms with E-state index in [4.69, 9.17) is 4.74 Å². The van der Waals surface area contributed by atoms with Gasteiger partial charge >= 0.3 is 0 Å². The Balaban J connectivity index is 3.19. The second-order valence-electron chi connectivity index (χ2n) is 4.39. The van der Waals surface area contributed by atoms with Gasteiger partial charge in [-0.1, -0.05) is 0 Å². The maximum Gasteiger partial charge on any atom is 0.264 e. The summed E-state index contributed by atoms with van der Waals surface area (Å²) in [6, 6.07) is 5.63. The molecular formula is C16H18Br2N2O2. The lowest BCUT2D eigenvalue weighted by molar-refractivity contribution is -0.126. The summed E-state index contributed by atoms with van der Waals surface area (Å²) in [7, 11) is 0. The van der Waals surface area contributed by atoms with Crippen LogP contribution in [-0.4, -0.2) is 30.5 Å². The summed E-state index contributed by atoms with van der Waals surface area (Å²) in [5.74, 6) is 0.446. The second-order valence-corrected chi connectivity index (χ2v) is 6.10. The molecule has 0 aliphatic heterocycles. The highest BCUT2D eigenvalue weighted by Gasteiger charge is 2.16. The molecule has 0 bridgehead atoms. The Morgan fingerprint density at radius 1 is 1.27 bits per heavy atom. The Labute approximate surface area is 148 Å². The maximum atomic E-state index is 12.3. The fraction of sp³-hybridized carbons (Fsp3) is 0.375. The minimum atomic E-state index is -0.256. The minimum absolute atomic E-state index is 0.117. The van der Waals surface area contributed by atoms with E-state index in [-0.39, 0.29) is 11.5 Å². The summed E-state index contributed by atoms with van der Waals surface area (Å²) in [4.78, 5) is 13.9. The van der Waals surface area contributed by atoms with Gasteiger partial charge in [-0.25, -0.2) is 0 Å². The van der Waals surface area contributed by atoms with Crippen molar-refractivity contribution in [1.82, 2.24) is 4.90 Å². The number of ether oxygens (including phenoxy) is 1. The summed E-state index contributed by atoms with van der Waals surface area (Å²) < 4.78 is 7.05. The predicted molar refractivity (Wildman–Crippen MR) is 94.5 cm³/mol. The Morgan fingerprint density at radius 2 is 1.82 bits per heavy atom. The monoisotopic (exact) mass is 428 g/mol. The molecule has 0 aliphatic carbocycles. The van der Waals surface area contributed by atoms with E-state index in [1.54, 1.807) is 11.0 Å². The number of carbonyl (C=O) groups excluding carboxylic acids is 1. The van der Waals surface area contributed by atoms with E-state index in [1.807, 2.05) is 39.0 Å². The van der Waals surface area contributed by atoms with E-state index in [0.717, 1.165) is 14.5 Å². The third-order valence-corrected chi connectivity index (χ3v) is 4.20. The molecule has 1 amide bonds. The number of rotatable bonds is 6. The largest absolute Gasteiger partial charge is 0.492 e. The second kappa shape index (κ2) is 8.96. The molecule has 0 fully saturated rings. The van der Waals surface area contributed by atoms with E-state index < -0.39 is 0 Å². The fourth-order valence-electron chi connectivity index (χ4n) is 1.93. The zero-order valence-electron chi connectivity index (χ0n) is 12.8. The first-order chi connectivity index (χ1) is 10.5. The summed E-state index contributed by atoms with van der Waals surface area (Å²) in [5, 5.41) is 9.26. The SMILES string of the molecule is CCOc1c(Br)cc(/C=C(\C#N)C(=O)N(CC)CC)cc1Br. The Kier molecular flexibility index (Phi) is 7.63. The first kappa shape index (κ1) is 18.7. The standard InChI is InChI=1S/C16H18Br2N2O2/c1-4-20(5-2)16(21)12(10-19)7-11-8-13(17)15(22-6-3)14(18)9-11/h7-9H,4-6H2,1-3H3/b12-7+. The number of benzene rings is 1. The molecule has 1 aromatic carbocycles. The van der Waals surface area contributed by atoms with Crippen molar-refractivity contribution in [3.8, 4) is 11.8 Å². The zero-order valence-corrected chi connectivity index (χ0v) is 16.0. The Bertz CT molecular complexity index is 594. The Morgan fingerprint density at radius 3 is 2.23 bits per heavy atom. The van der Waals surface area contributed by atoms with Crippen molar-refractivity contribution < 1.29 is 9.53 Å². The Hall–Kier alpha value is -1.32. The van der Waals surface area contributed by atoms with Gasteiger partial charge in [0.15, 0.2) is 0 Å². The van der Waals surface area contributed by atoms with Gasteiger partial charge in [0, 0.05) is 13.1 Å². The average Bonchev–Trinajstić information content (AvgIpc) is 2.49. The fourth-order valence-corrected chi connectivity index (χ4v) is 3.39. The number of amides is 1. The van der Waals surface area contributed by atoms with Crippen LogP contribution in [0.2, 0.25) is 0 Å². The van der Waals surface area contributed by atoms with Gasteiger partial charge < -0.3 is 9.64 Å². The molecule has 1 aromatic rings. The highest BCUT2D eigenvalue weighted by atomic mass is 79.9. The lowest BCUT2D eigenvalue weighted by Gasteiger charge is -2.17. The minimum Gasteiger partial charge on any atom is -0.492 e. The molecule has 0 aromatic heterocycles. The van der Waals surface area contributed by atoms with Crippen LogP contribution in [0, 0.1) is 11.3 Å². The lowest BCUT2D eigenvalue weighted by Crippen LogP contribution is -2.31. The van der Waals surface area contributed by atoms with Crippen LogP contribution >= 0.6 is 31.9 Å². The molecule has 6 heteroatoms. The van der Waals surface area contributed by atoms with Crippen molar-refractivity contribution in [3.05, 3.63) is 32.2 Å². The van der Waals surface area contributed by atoms with Crippen LogP contribution < -0.4 is 4.74 Å². The third-order valence-electron chi connectivity index (χ3n) is 3.02. The molecule has 0 N–H and O–H groups in total. The van der Waals surface area contributed by atoms with Gasteiger partial charge in [-0.15, -0.1) is 0 Å². The molecule has 0 aliphatic rings. The van der Waals surface area contributed by atoms with Gasteiger partial charge in [-0.05, 0) is 76.4 Å². The first-order valence-electron chi connectivity index (χ1n) is 7.01. The molecule has 0 spiro atoms. The van der Waals surface area contributed by atoms with Crippen molar-refractivity contribution in [1.29, 1.82) is 5.26 Å². The van der Waals surface area contributed by atoms with Crippen LogP contribution in [0.15, 0.2) is 26.7 Å². The van der Waals surface area contributed by atoms with Gasteiger partial charge in [-0.3, -0.25) is 4.79 Å². The number of nitrogens with zero attached hydrogens (tertiary/aromatic N) is 2. The predicted octanol–water partition coefficient (Wildman–Crippen LogP) is 4.39. The molecule has 1 rings (SSSR count). The topological polar surface area (TPSA) is 53.3 Å². The molecule has 0 saturated carbocycles. The average molecular weight is 430 g/mol. The van der Waals surface area contributed by atoms with Gasteiger partial charge in [0.05, 0.1) is 15.6 Å². The number of hydrogen-bond donors (Lipinski definition) is 0. The van der Waals surface area contributed by atoms with Crippen molar-refractivity contribution in [3.63, 3.8) is 0 Å². The molecule has 0 atom stereocenters. The van der Waals surface area contributed by atoms with Gasteiger partial charge in [0.2, 0.25) is 0 Å². The summed E-state index contributed by atoms with van der Waals surface area (Å²) in [5.41, 5.74) is 0.867. The van der Waals surface area contributed by atoms with Crippen LogP contribution in [0.25, 0.3) is 6.08 Å². The number of carbonyl (C=O) groups is 1. The van der Waals surface area contributed by atoms with Crippen LogP contribution in [-0.2, 0) is 4.79 Å². The summed E-state index contributed by atoms with van der Waals surface area (Å²) in [6.07, 6.45) is 1.59. The van der Waals surface area contributed by atoms with Crippen LogP contribution in [0.4, 0.5) is 0 Å². The molecule has 0 radical (unpaired) electrons. The first-order valence-corrected chi connectivity index (χ1v) is 8.59. The molecule has 0 unspecified atom stereocenters. The lowest BCUT2D eigenvalue weighted by atomic mass is 10.1.